The van der Waals surface area contributed by atoms with Crippen molar-refractivity contribution in [1.82, 2.24) is 15.1 Å². The summed E-state index contributed by atoms with van der Waals surface area (Å²) >= 11 is 0. The average Bonchev–Trinajstić information content (AvgIpc) is 3.15. The number of hydrogen-bond acceptors (Lipinski definition) is 5. The summed E-state index contributed by atoms with van der Waals surface area (Å²) in [5.74, 6) is -1.03. The average molecular weight is 466 g/mol. The van der Waals surface area contributed by atoms with Crippen molar-refractivity contribution in [3.05, 3.63) is 59.7 Å². The van der Waals surface area contributed by atoms with Gasteiger partial charge in [0.05, 0.1) is 0 Å². The van der Waals surface area contributed by atoms with Gasteiger partial charge < -0.3 is 20.1 Å². The second-order valence-corrected chi connectivity index (χ2v) is 9.08. The number of piperazine rings is 1. The Labute approximate surface area is 199 Å². The smallest absolute Gasteiger partial charge is 0.407 e. The molecule has 1 aliphatic carbocycles. The van der Waals surface area contributed by atoms with Crippen LogP contribution in [-0.2, 0) is 14.3 Å². The van der Waals surface area contributed by atoms with Gasteiger partial charge in [-0.15, -0.1) is 0 Å². The number of carbonyl (C=O) groups excluding carboxylic acids is 2. The number of nitrogens with zero attached hydrogens (tertiary/aromatic N) is 2. The van der Waals surface area contributed by atoms with Gasteiger partial charge in [-0.2, -0.15) is 0 Å². The van der Waals surface area contributed by atoms with E-state index >= 15 is 0 Å². The number of amides is 2. The Morgan fingerprint density at radius 1 is 1.06 bits per heavy atom. The van der Waals surface area contributed by atoms with Gasteiger partial charge in [-0.1, -0.05) is 48.5 Å². The van der Waals surface area contributed by atoms with Crippen molar-refractivity contribution >= 4 is 18.0 Å². The maximum absolute atomic E-state index is 12.6. The highest BCUT2D eigenvalue weighted by Gasteiger charge is 2.32. The van der Waals surface area contributed by atoms with Gasteiger partial charge in [0.2, 0.25) is 5.91 Å². The van der Waals surface area contributed by atoms with E-state index in [9.17, 15) is 19.5 Å². The maximum atomic E-state index is 12.6. The third-order valence-corrected chi connectivity index (χ3v) is 6.78. The summed E-state index contributed by atoms with van der Waals surface area (Å²) in [4.78, 5) is 39.7. The van der Waals surface area contributed by atoms with E-state index < -0.39 is 18.1 Å². The molecule has 2 N–H and O–H groups in total. The molecule has 34 heavy (non-hydrogen) atoms. The fourth-order valence-corrected chi connectivity index (χ4v) is 4.78. The number of carboxylic acid groups (broad SMARTS) is 1. The zero-order valence-corrected chi connectivity index (χ0v) is 19.6. The van der Waals surface area contributed by atoms with E-state index in [2.05, 4.69) is 29.6 Å². The van der Waals surface area contributed by atoms with Gasteiger partial charge in [0.15, 0.2) is 0 Å². The van der Waals surface area contributed by atoms with Crippen LogP contribution < -0.4 is 5.32 Å². The number of carboxylic acids is 1. The summed E-state index contributed by atoms with van der Waals surface area (Å²) in [6.07, 6.45) is 0.181. The lowest BCUT2D eigenvalue weighted by molar-refractivity contribution is -0.147. The van der Waals surface area contributed by atoms with Crippen molar-refractivity contribution in [2.24, 2.45) is 0 Å². The molecule has 2 amide bonds. The molecule has 0 bridgehead atoms. The Morgan fingerprint density at radius 3 is 2.29 bits per heavy atom. The molecule has 4 rings (SSSR count). The molecule has 0 spiro atoms. The van der Waals surface area contributed by atoms with Gasteiger partial charge in [-0.25, -0.2) is 4.79 Å². The fraction of sp³-hybridized carbons (Fsp3) is 0.423. The van der Waals surface area contributed by atoms with Crippen LogP contribution in [0.25, 0.3) is 11.1 Å². The number of rotatable bonds is 7. The van der Waals surface area contributed by atoms with Crippen molar-refractivity contribution in [1.29, 1.82) is 0 Å². The van der Waals surface area contributed by atoms with Crippen LogP contribution in [0.15, 0.2) is 48.5 Å². The standard InChI is InChI=1S/C26H31N3O5/c1-17(11-12-24(30)29-14-13-28(2)23(15-29)25(31)32)27-26(33)34-16-22-20-9-5-3-7-18(20)19-8-4-6-10-21(19)22/h3-10,17,22-23H,11-16H2,1-2H3,(H,27,33)(H,31,32). The van der Waals surface area contributed by atoms with Crippen LogP contribution in [-0.4, -0.2) is 78.2 Å². The monoisotopic (exact) mass is 465 g/mol. The minimum atomic E-state index is -0.926. The van der Waals surface area contributed by atoms with E-state index in [1.807, 2.05) is 31.2 Å². The molecule has 1 aliphatic heterocycles. The van der Waals surface area contributed by atoms with E-state index in [4.69, 9.17) is 4.74 Å². The van der Waals surface area contributed by atoms with Crippen LogP contribution in [0.3, 0.4) is 0 Å². The number of carbonyl (C=O) groups is 3. The second-order valence-electron chi connectivity index (χ2n) is 9.08. The summed E-state index contributed by atoms with van der Waals surface area (Å²) in [6, 6.07) is 15.4. The van der Waals surface area contributed by atoms with Gasteiger partial charge in [0, 0.05) is 38.0 Å². The highest BCUT2D eigenvalue weighted by Crippen LogP contribution is 2.44. The highest BCUT2D eigenvalue weighted by molar-refractivity contribution is 5.80. The quantitative estimate of drug-likeness (QED) is 0.652. The van der Waals surface area contributed by atoms with E-state index in [0.717, 1.165) is 11.1 Å². The Morgan fingerprint density at radius 2 is 1.68 bits per heavy atom. The summed E-state index contributed by atoms with van der Waals surface area (Å²) in [5.41, 5.74) is 4.66. The predicted molar refractivity (Wildman–Crippen MR) is 128 cm³/mol. The molecular formula is C26H31N3O5. The zero-order chi connectivity index (χ0) is 24.2. The number of alkyl carbamates (subject to hydrolysis) is 1. The molecule has 0 aromatic heterocycles. The van der Waals surface area contributed by atoms with Crippen LogP contribution >= 0.6 is 0 Å². The van der Waals surface area contributed by atoms with Crippen LogP contribution in [0, 0.1) is 0 Å². The zero-order valence-electron chi connectivity index (χ0n) is 19.6. The van der Waals surface area contributed by atoms with E-state index in [0.29, 0.717) is 19.5 Å². The van der Waals surface area contributed by atoms with E-state index in [1.165, 1.54) is 11.1 Å². The Hall–Kier alpha value is -3.39. The third-order valence-electron chi connectivity index (χ3n) is 6.78. The molecule has 2 aromatic rings. The lowest BCUT2D eigenvalue weighted by atomic mass is 9.98. The molecule has 2 unspecified atom stereocenters. The molecular weight excluding hydrogens is 434 g/mol. The van der Waals surface area contributed by atoms with Gasteiger partial charge in [0.25, 0.3) is 0 Å². The maximum Gasteiger partial charge on any atom is 0.407 e. The van der Waals surface area contributed by atoms with Crippen molar-refractivity contribution < 1.29 is 24.2 Å². The first-order valence-corrected chi connectivity index (χ1v) is 11.7. The van der Waals surface area contributed by atoms with Crippen molar-refractivity contribution in [3.63, 3.8) is 0 Å². The largest absolute Gasteiger partial charge is 0.480 e. The number of nitrogens with one attached hydrogen (secondary N) is 1. The van der Waals surface area contributed by atoms with Crippen LogP contribution in [0.5, 0.6) is 0 Å². The van der Waals surface area contributed by atoms with Gasteiger partial charge in [0.1, 0.15) is 12.6 Å². The normalized spacial score (nSPS) is 18.6. The van der Waals surface area contributed by atoms with Crippen molar-refractivity contribution in [2.75, 3.05) is 33.3 Å². The van der Waals surface area contributed by atoms with Crippen LogP contribution in [0.4, 0.5) is 4.79 Å². The number of likely N-dealkylation sites (N-methyl/N-ethyl adjacent to an activating group) is 1. The number of fused-ring (bicyclic) bond motifs is 3. The SMILES string of the molecule is CC(CCC(=O)N1CCN(C)C(C(=O)O)C1)NC(=O)OCC1c2ccccc2-c2ccccc21. The summed E-state index contributed by atoms with van der Waals surface area (Å²) < 4.78 is 5.57. The molecule has 0 radical (unpaired) electrons. The predicted octanol–water partition coefficient (Wildman–Crippen LogP) is 2.92. The first-order valence-electron chi connectivity index (χ1n) is 11.7. The minimum Gasteiger partial charge on any atom is -0.480 e. The number of aliphatic carboxylic acids is 1. The topological polar surface area (TPSA) is 99.2 Å². The molecule has 1 fully saturated rings. The summed E-state index contributed by atoms with van der Waals surface area (Å²) in [6.45, 7) is 3.28. The molecule has 2 aromatic carbocycles. The Kier molecular flexibility index (Phi) is 7.17. The van der Waals surface area contributed by atoms with Gasteiger partial charge in [-0.3, -0.25) is 14.5 Å². The molecule has 8 nitrogen and oxygen atoms in total. The van der Waals surface area contributed by atoms with Crippen LogP contribution in [0.1, 0.15) is 36.8 Å². The third kappa shape index (κ3) is 5.07. The Bertz CT molecular complexity index is 1030. The first kappa shape index (κ1) is 23.8. The van der Waals surface area contributed by atoms with E-state index in [1.54, 1.807) is 16.8 Å². The van der Waals surface area contributed by atoms with Gasteiger partial charge >= 0.3 is 12.1 Å². The van der Waals surface area contributed by atoms with Crippen molar-refractivity contribution in [3.8, 4) is 11.1 Å². The fourth-order valence-electron chi connectivity index (χ4n) is 4.78. The Balaban J connectivity index is 1.25. The molecule has 2 atom stereocenters. The molecule has 8 heteroatoms. The molecule has 2 aliphatic rings. The van der Waals surface area contributed by atoms with E-state index in [-0.39, 0.29) is 37.4 Å². The minimum absolute atomic E-state index is 0.00514. The van der Waals surface area contributed by atoms with Gasteiger partial charge in [-0.05, 0) is 42.6 Å². The lowest BCUT2D eigenvalue weighted by Gasteiger charge is -2.37. The second kappa shape index (κ2) is 10.3. The van der Waals surface area contributed by atoms with Crippen LogP contribution in [0.2, 0.25) is 0 Å². The lowest BCUT2D eigenvalue weighted by Crippen LogP contribution is -2.56. The summed E-state index contributed by atoms with van der Waals surface area (Å²) in [5, 5.41) is 12.1. The molecule has 1 saturated heterocycles. The highest BCUT2D eigenvalue weighted by atomic mass is 16.5. The molecule has 0 saturated carbocycles. The van der Waals surface area contributed by atoms with Crippen molar-refractivity contribution in [2.45, 2.75) is 37.8 Å². The molecule has 1 heterocycles. The summed E-state index contributed by atoms with van der Waals surface area (Å²) in [7, 11) is 1.75. The number of ether oxygens (including phenoxy) is 1. The number of benzene rings is 2. The first-order chi connectivity index (χ1) is 16.3. The molecule has 180 valence electrons. The number of hydrogen-bond donors (Lipinski definition) is 2.